The number of benzene rings is 2. The SMILES string of the molecule is CCOc1cc(/C=C(\C#N)C(=O)NCc2ccco2)ccc1OC(=O)/C=C/c1ccc(OC)cc1OC. The molecule has 2 aromatic carbocycles. The van der Waals surface area contributed by atoms with E-state index in [0.29, 0.717) is 35.0 Å². The average Bonchev–Trinajstić information content (AvgIpc) is 3.44. The van der Waals surface area contributed by atoms with Gasteiger partial charge in [0.05, 0.1) is 33.6 Å². The summed E-state index contributed by atoms with van der Waals surface area (Å²) in [5, 5.41) is 12.1. The molecule has 190 valence electrons. The smallest absolute Gasteiger partial charge is 0.336 e. The summed E-state index contributed by atoms with van der Waals surface area (Å²) in [5.41, 5.74) is 1.08. The normalized spacial score (nSPS) is 11.0. The minimum Gasteiger partial charge on any atom is -0.497 e. The van der Waals surface area contributed by atoms with Crippen molar-refractivity contribution in [3.8, 4) is 29.1 Å². The van der Waals surface area contributed by atoms with Gasteiger partial charge >= 0.3 is 5.97 Å². The van der Waals surface area contributed by atoms with Gasteiger partial charge in [0.2, 0.25) is 0 Å². The molecule has 0 saturated carbocycles. The molecule has 0 atom stereocenters. The van der Waals surface area contributed by atoms with E-state index in [0.717, 1.165) is 0 Å². The van der Waals surface area contributed by atoms with Gasteiger partial charge in [0.15, 0.2) is 11.5 Å². The molecule has 37 heavy (non-hydrogen) atoms. The Bertz CT molecular complexity index is 1340. The average molecular weight is 503 g/mol. The summed E-state index contributed by atoms with van der Waals surface area (Å²) in [5.74, 6) is 1.03. The largest absolute Gasteiger partial charge is 0.497 e. The molecule has 0 fully saturated rings. The molecule has 0 unspecified atom stereocenters. The van der Waals surface area contributed by atoms with Gasteiger partial charge in [-0.2, -0.15) is 5.26 Å². The number of rotatable bonds is 11. The van der Waals surface area contributed by atoms with Crippen LogP contribution >= 0.6 is 0 Å². The maximum absolute atomic E-state index is 12.5. The van der Waals surface area contributed by atoms with E-state index in [4.69, 9.17) is 23.4 Å². The van der Waals surface area contributed by atoms with Crippen LogP contribution in [0, 0.1) is 11.3 Å². The second kappa shape index (κ2) is 13.2. The van der Waals surface area contributed by atoms with Crippen LogP contribution in [0.2, 0.25) is 0 Å². The Hall–Kier alpha value is -4.97. The lowest BCUT2D eigenvalue weighted by molar-refractivity contribution is -0.129. The van der Waals surface area contributed by atoms with Crippen LogP contribution in [-0.2, 0) is 16.1 Å². The van der Waals surface area contributed by atoms with E-state index in [9.17, 15) is 14.9 Å². The highest BCUT2D eigenvalue weighted by Crippen LogP contribution is 2.30. The minimum absolute atomic E-state index is 0.102. The third kappa shape index (κ3) is 7.50. The molecule has 1 N–H and O–H groups in total. The lowest BCUT2D eigenvalue weighted by atomic mass is 10.1. The molecular weight excluding hydrogens is 476 g/mol. The first-order chi connectivity index (χ1) is 18.0. The van der Waals surface area contributed by atoms with Crippen molar-refractivity contribution >= 4 is 24.0 Å². The van der Waals surface area contributed by atoms with Gasteiger partial charge in [-0.05, 0) is 61.0 Å². The highest BCUT2D eigenvalue weighted by Gasteiger charge is 2.13. The predicted octanol–water partition coefficient (Wildman–Crippen LogP) is 4.54. The standard InChI is InChI=1S/C28H26N2O7/c1-4-35-26-15-19(14-21(17-29)28(32)30-18-23-6-5-13-36-23)7-11-24(26)37-27(31)12-9-20-8-10-22(33-2)16-25(20)34-3/h5-16H,4,18H2,1-3H3,(H,30,32)/b12-9+,21-14+. The number of ether oxygens (including phenoxy) is 4. The number of nitrogens with zero attached hydrogens (tertiary/aromatic N) is 1. The summed E-state index contributed by atoms with van der Waals surface area (Å²) in [6.45, 7) is 2.25. The Morgan fingerprint density at radius 1 is 1.05 bits per heavy atom. The molecule has 1 amide bonds. The van der Waals surface area contributed by atoms with Crippen molar-refractivity contribution in [2.75, 3.05) is 20.8 Å². The van der Waals surface area contributed by atoms with E-state index in [-0.39, 0.29) is 23.6 Å². The van der Waals surface area contributed by atoms with Gasteiger partial charge in [0, 0.05) is 17.7 Å². The third-order valence-corrected chi connectivity index (χ3v) is 5.00. The number of furan rings is 1. The first kappa shape index (κ1) is 26.6. The lowest BCUT2D eigenvalue weighted by Crippen LogP contribution is -2.23. The number of carbonyl (C=O) groups excluding carboxylic acids is 2. The van der Waals surface area contributed by atoms with E-state index in [2.05, 4.69) is 5.32 Å². The summed E-state index contributed by atoms with van der Waals surface area (Å²) >= 11 is 0. The highest BCUT2D eigenvalue weighted by atomic mass is 16.6. The summed E-state index contributed by atoms with van der Waals surface area (Å²) < 4.78 is 26.8. The molecule has 0 saturated heterocycles. The molecule has 9 heteroatoms. The van der Waals surface area contributed by atoms with Crippen LogP contribution in [0.25, 0.3) is 12.2 Å². The second-order valence-corrected chi connectivity index (χ2v) is 7.43. The molecule has 0 aliphatic carbocycles. The van der Waals surface area contributed by atoms with Crippen LogP contribution in [0.3, 0.4) is 0 Å². The quantitative estimate of drug-likeness (QED) is 0.176. The second-order valence-electron chi connectivity index (χ2n) is 7.43. The fourth-order valence-corrected chi connectivity index (χ4v) is 3.21. The highest BCUT2D eigenvalue weighted by molar-refractivity contribution is 6.01. The molecular formula is C28H26N2O7. The molecule has 0 aliphatic heterocycles. The van der Waals surface area contributed by atoms with Gasteiger partial charge in [-0.25, -0.2) is 4.79 Å². The molecule has 0 bridgehead atoms. The lowest BCUT2D eigenvalue weighted by Gasteiger charge is -2.11. The Kier molecular flexibility index (Phi) is 9.51. The molecule has 3 rings (SSSR count). The fourth-order valence-electron chi connectivity index (χ4n) is 3.21. The van der Waals surface area contributed by atoms with Crippen molar-refractivity contribution in [3.63, 3.8) is 0 Å². The van der Waals surface area contributed by atoms with Crippen LogP contribution in [0.4, 0.5) is 0 Å². The summed E-state index contributed by atoms with van der Waals surface area (Å²) in [6, 6.07) is 15.3. The Morgan fingerprint density at radius 2 is 1.89 bits per heavy atom. The van der Waals surface area contributed by atoms with Crippen LogP contribution in [0.15, 0.2) is 70.9 Å². The van der Waals surface area contributed by atoms with Crippen LogP contribution in [0.1, 0.15) is 23.8 Å². The Balaban J connectivity index is 1.73. The summed E-state index contributed by atoms with van der Waals surface area (Å²) in [6.07, 6.45) is 5.75. The molecule has 1 heterocycles. The van der Waals surface area contributed by atoms with Gasteiger partial charge < -0.3 is 28.7 Å². The van der Waals surface area contributed by atoms with Crippen LogP contribution in [0.5, 0.6) is 23.0 Å². The number of nitriles is 1. The minimum atomic E-state index is -0.628. The monoisotopic (exact) mass is 502 g/mol. The Labute approximate surface area is 214 Å². The molecule has 0 radical (unpaired) electrons. The van der Waals surface area contributed by atoms with E-state index in [1.807, 2.05) is 6.07 Å². The molecule has 0 aliphatic rings. The summed E-state index contributed by atoms with van der Waals surface area (Å²) in [4.78, 5) is 24.9. The first-order valence-electron chi connectivity index (χ1n) is 11.3. The van der Waals surface area contributed by atoms with Crippen molar-refractivity contribution in [1.82, 2.24) is 5.32 Å². The Morgan fingerprint density at radius 3 is 2.57 bits per heavy atom. The number of hydrogen-bond donors (Lipinski definition) is 1. The number of hydrogen-bond acceptors (Lipinski definition) is 8. The number of amides is 1. The zero-order valence-electron chi connectivity index (χ0n) is 20.6. The first-order valence-corrected chi connectivity index (χ1v) is 11.3. The van der Waals surface area contributed by atoms with Crippen molar-refractivity contribution in [3.05, 3.63) is 83.3 Å². The third-order valence-electron chi connectivity index (χ3n) is 5.00. The maximum Gasteiger partial charge on any atom is 0.336 e. The molecule has 0 spiro atoms. The number of esters is 1. The van der Waals surface area contributed by atoms with Gasteiger partial charge in [-0.1, -0.05) is 6.07 Å². The van der Waals surface area contributed by atoms with Crippen molar-refractivity contribution < 1.29 is 33.0 Å². The van der Waals surface area contributed by atoms with Crippen molar-refractivity contribution in [2.24, 2.45) is 0 Å². The summed E-state index contributed by atoms with van der Waals surface area (Å²) in [7, 11) is 3.08. The van der Waals surface area contributed by atoms with Gasteiger partial charge in [-0.15, -0.1) is 0 Å². The van der Waals surface area contributed by atoms with Gasteiger partial charge in [-0.3, -0.25) is 4.79 Å². The fraction of sp³-hybridized carbons (Fsp3) is 0.179. The topological polar surface area (TPSA) is 120 Å². The van der Waals surface area contributed by atoms with Crippen LogP contribution < -0.4 is 24.3 Å². The zero-order chi connectivity index (χ0) is 26.6. The van der Waals surface area contributed by atoms with Crippen LogP contribution in [-0.4, -0.2) is 32.7 Å². The molecule has 9 nitrogen and oxygen atoms in total. The van der Waals surface area contributed by atoms with E-state index >= 15 is 0 Å². The van der Waals surface area contributed by atoms with Crippen molar-refractivity contribution in [1.29, 1.82) is 5.26 Å². The van der Waals surface area contributed by atoms with E-state index in [1.54, 1.807) is 62.6 Å². The zero-order valence-corrected chi connectivity index (χ0v) is 20.6. The molecule has 1 aromatic heterocycles. The number of carbonyl (C=O) groups is 2. The maximum atomic E-state index is 12.5. The molecule has 3 aromatic rings. The van der Waals surface area contributed by atoms with E-state index < -0.39 is 11.9 Å². The van der Waals surface area contributed by atoms with Gasteiger partial charge in [0.1, 0.15) is 28.9 Å². The number of nitrogens with one attached hydrogen (secondary N) is 1. The van der Waals surface area contributed by atoms with Gasteiger partial charge in [0.25, 0.3) is 5.91 Å². The van der Waals surface area contributed by atoms with Crippen molar-refractivity contribution in [2.45, 2.75) is 13.5 Å². The van der Waals surface area contributed by atoms with E-state index in [1.165, 1.54) is 31.6 Å². The number of methoxy groups -OCH3 is 2. The predicted molar refractivity (Wildman–Crippen MR) is 136 cm³/mol.